The third kappa shape index (κ3) is 3.91. The molecule has 7 heteroatoms. The number of nitro benzene ring substituents is 1. The number of carbonyl (C=O) groups is 2. The summed E-state index contributed by atoms with van der Waals surface area (Å²) >= 11 is 0. The molecule has 2 aromatic carbocycles. The highest BCUT2D eigenvalue weighted by atomic mass is 16.6. The van der Waals surface area contributed by atoms with Gasteiger partial charge in [-0.05, 0) is 17.7 Å². The van der Waals surface area contributed by atoms with Crippen LogP contribution < -0.4 is 10.6 Å². The Morgan fingerprint density at radius 2 is 1.78 bits per heavy atom. The third-order valence-corrected chi connectivity index (χ3v) is 3.22. The standard InChI is InChI=1S/C16H15N3O4/c1-17-15(20)12-7-8-14(19(22)23)13(9-12)16(21)18-10-11-5-3-2-4-6-11/h2-9H,10H2,1H3,(H,17,20)(H,18,21). The van der Waals surface area contributed by atoms with Crippen molar-refractivity contribution in [2.45, 2.75) is 6.54 Å². The lowest BCUT2D eigenvalue weighted by Gasteiger charge is -2.07. The first kappa shape index (κ1) is 16.2. The van der Waals surface area contributed by atoms with E-state index in [1.807, 2.05) is 30.3 Å². The van der Waals surface area contributed by atoms with Gasteiger partial charge in [0.05, 0.1) is 4.92 Å². The molecule has 2 amide bonds. The van der Waals surface area contributed by atoms with Crippen LogP contribution in [0.15, 0.2) is 48.5 Å². The van der Waals surface area contributed by atoms with E-state index in [4.69, 9.17) is 0 Å². The van der Waals surface area contributed by atoms with Gasteiger partial charge >= 0.3 is 0 Å². The van der Waals surface area contributed by atoms with Crippen LogP contribution in [0.5, 0.6) is 0 Å². The van der Waals surface area contributed by atoms with Crippen molar-refractivity contribution in [3.63, 3.8) is 0 Å². The number of hydrogen-bond donors (Lipinski definition) is 2. The van der Waals surface area contributed by atoms with Crippen LogP contribution in [0.3, 0.4) is 0 Å². The van der Waals surface area contributed by atoms with Crippen molar-refractivity contribution < 1.29 is 14.5 Å². The molecule has 0 spiro atoms. The molecular formula is C16H15N3O4. The Balaban J connectivity index is 2.26. The number of nitrogens with one attached hydrogen (secondary N) is 2. The van der Waals surface area contributed by atoms with Crippen molar-refractivity contribution in [3.8, 4) is 0 Å². The fraction of sp³-hybridized carbons (Fsp3) is 0.125. The molecule has 0 unspecified atom stereocenters. The second kappa shape index (κ2) is 7.17. The van der Waals surface area contributed by atoms with Crippen molar-refractivity contribution in [3.05, 3.63) is 75.3 Å². The predicted molar refractivity (Wildman–Crippen MR) is 84.1 cm³/mol. The van der Waals surface area contributed by atoms with Gasteiger partial charge in [-0.15, -0.1) is 0 Å². The van der Waals surface area contributed by atoms with Gasteiger partial charge in [0.1, 0.15) is 5.56 Å². The molecule has 2 N–H and O–H groups in total. The maximum Gasteiger partial charge on any atom is 0.282 e. The SMILES string of the molecule is CNC(=O)c1ccc([N+](=O)[O-])c(C(=O)NCc2ccccc2)c1. The number of carbonyl (C=O) groups excluding carboxylic acids is 2. The quantitative estimate of drug-likeness (QED) is 0.650. The third-order valence-electron chi connectivity index (χ3n) is 3.22. The summed E-state index contributed by atoms with van der Waals surface area (Å²) < 4.78 is 0. The van der Waals surface area contributed by atoms with Gasteiger partial charge in [0.2, 0.25) is 0 Å². The van der Waals surface area contributed by atoms with E-state index in [-0.39, 0.29) is 23.4 Å². The molecular weight excluding hydrogens is 298 g/mol. The van der Waals surface area contributed by atoms with Gasteiger partial charge in [-0.2, -0.15) is 0 Å². The first-order valence-electron chi connectivity index (χ1n) is 6.85. The smallest absolute Gasteiger partial charge is 0.282 e. The van der Waals surface area contributed by atoms with E-state index in [9.17, 15) is 19.7 Å². The number of rotatable bonds is 5. The molecule has 2 rings (SSSR count). The van der Waals surface area contributed by atoms with Crippen molar-refractivity contribution in [1.29, 1.82) is 0 Å². The van der Waals surface area contributed by atoms with Gasteiger partial charge in [-0.3, -0.25) is 19.7 Å². The molecule has 0 saturated heterocycles. The van der Waals surface area contributed by atoms with E-state index in [2.05, 4.69) is 10.6 Å². The number of nitro groups is 1. The average molecular weight is 313 g/mol. The van der Waals surface area contributed by atoms with Gasteiger partial charge in [0.15, 0.2) is 0 Å². The van der Waals surface area contributed by atoms with Crippen molar-refractivity contribution in [2.75, 3.05) is 7.05 Å². The summed E-state index contributed by atoms with van der Waals surface area (Å²) in [5, 5.41) is 16.1. The Labute approximate surface area is 132 Å². The highest BCUT2D eigenvalue weighted by molar-refractivity contribution is 6.02. The first-order chi connectivity index (χ1) is 11.0. The summed E-state index contributed by atoms with van der Waals surface area (Å²) in [4.78, 5) is 34.3. The molecule has 0 aliphatic carbocycles. The van der Waals surface area contributed by atoms with Crippen molar-refractivity contribution in [1.82, 2.24) is 10.6 Å². The van der Waals surface area contributed by atoms with Crippen LogP contribution in [-0.4, -0.2) is 23.8 Å². The van der Waals surface area contributed by atoms with Gasteiger partial charge in [0, 0.05) is 25.2 Å². The minimum absolute atomic E-state index is 0.146. The van der Waals surface area contributed by atoms with Gasteiger partial charge in [-0.1, -0.05) is 30.3 Å². The normalized spacial score (nSPS) is 9.96. The van der Waals surface area contributed by atoms with E-state index in [0.717, 1.165) is 11.6 Å². The van der Waals surface area contributed by atoms with Gasteiger partial charge in [0.25, 0.3) is 17.5 Å². The van der Waals surface area contributed by atoms with E-state index >= 15 is 0 Å². The lowest BCUT2D eigenvalue weighted by atomic mass is 10.1. The molecule has 0 saturated carbocycles. The van der Waals surface area contributed by atoms with Crippen LogP contribution in [0.1, 0.15) is 26.3 Å². The second-order valence-electron chi connectivity index (χ2n) is 4.74. The van der Waals surface area contributed by atoms with Crippen LogP contribution in [-0.2, 0) is 6.54 Å². The summed E-state index contributed by atoms with van der Waals surface area (Å²) in [5.74, 6) is -1.02. The van der Waals surface area contributed by atoms with Crippen molar-refractivity contribution >= 4 is 17.5 Å². The molecule has 118 valence electrons. The minimum atomic E-state index is -0.648. The Morgan fingerprint density at radius 1 is 1.09 bits per heavy atom. The first-order valence-corrected chi connectivity index (χ1v) is 6.85. The molecule has 0 fully saturated rings. The fourth-order valence-electron chi connectivity index (χ4n) is 2.04. The average Bonchev–Trinajstić information content (AvgIpc) is 2.59. The molecule has 0 aromatic heterocycles. The number of amides is 2. The van der Waals surface area contributed by atoms with Crippen LogP contribution in [0.4, 0.5) is 5.69 Å². The maximum absolute atomic E-state index is 12.3. The molecule has 0 atom stereocenters. The molecule has 2 aromatic rings. The zero-order chi connectivity index (χ0) is 16.8. The topological polar surface area (TPSA) is 101 Å². The van der Waals surface area contributed by atoms with Crippen LogP contribution in [0, 0.1) is 10.1 Å². The van der Waals surface area contributed by atoms with Crippen molar-refractivity contribution in [2.24, 2.45) is 0 Å². The summed E-state index contributed by atoms with van der Waals surface area (Å²) in [6.45, 7) is 0.237. The molecule has 0 radical (unpaired) electrons. The zero-order valence-corrected chi connectivity index (χ0v) is 12.4. The van der Waals surface area contributed by atoms with Crippen LogP contribution in [0.2, 0.25) is 0 Å². The van der Waals surface area contributed by atoms with E-state index < -0.39 is 16.7 Å². The fourth-order valence-corrected chi connectivity index (χ4v) is 2.04. The Kier molecular flexibility index (Phi) is 5.03. The second-order valence-corrected chi connectivity index (χ2v) is 4.74. The largest absolute Gasteiger partial charge is 0.355 e. The zero-order valence-electron chi connectivity index (χ0n) is 12.4. The Bertz CT molecular complexity index is 744. The number of benzene rings is 2. The molecule has 7 nitrogen and oxygen atoms in total. The summed E-state index contributed by atoms with van der Waals surface area (Å²) in [6.07, 6.45) is 0. The maximum atomic E-state index is 12.3. The van der Waals surface area contributed by atoms with Gasteiger partial charge in [-0.25, -0.2) is 0 Å². The monoisotopic (exact) mass is 313 g/mol. The van der Waals surface area contributed by atoms with Crippen LogP contribution in [0.25, 0.3) is 0 Å². The summed E-state index contributed by atoms with van der Waals surface area (Å²) in [7, 11) is 1.44. The predicted octanol–water partition coefficient (Wildman–Crippen LogP) is 1.88. The molecule has 0 aliphatic rings. The number of hydrogen-bond acceptors (Lipinski definition) is 4. The minimum Gasteiger partial charge on any atom is -0.355 e. The molecule has 0 bridgehead atoms. The lowest BCUT2D eigenvalue weighted by molar-refractivity contribution is -0.385. The van der Waals surface area contributed by atoms with E-state index in [0.29, 0.717) is 0 Å². The van der Waals surface area contributed by atoms with E-state index in [1.165, 1.54) is 19.2 Å². The summed E-state index contributed by atoms with van der Waals surface area (Å²) in [6, 6.07) is 12.9. The van der Waals surface area contributed by atoms with Gasteiger partial charge < -0.3 is 10.6 Å². The van der Waals surface area contributed by atoms with Crippen LogP contribution >= 0.6 is 0 Å². The lowest BCUT2D eigenvalue weighted by Crippen LogP contribution is -2.25. The van der Waals surface area contributed by atoms with E-state index in [1.54, 1.807) is 0 Å². The molecule has 23 heavy (non-hydrogen) atoms. The number of nitrogens with zero attached hydrogens (tertiary/aromatic N) is 1. The molecule has 0 aliphatic heterocycles. The Morgan fingerprint density at radius 3 is 2.39 bits per heavy atom. The highest BCUT2D eigenvalue weighted by Gasteiger charge is 2.21. The highest BCUT2D eigenvalue weighted by Crippen LogP contribution is 2.20. The summed E-state index contributed by atoms with van der Waals surface area (Å²) in [5.41, 5.74) is 0.559. The Hall–Kier alpha value is -3.22. The molecule has 0 heterocycles.